The summed E-state index contributed by atoms with van der Waals surface area (Å²) in [6.07, 6.45) is 2.32. The Morgan fingerprint density at radius 2 is 2.05 bits per heavy atom. The average molecular weight is 281 g/mol. The molecule has 0 aliphatic rings. The maximum Gasteiger partial charge on any atom is 0.303 e. The molecule has 20 heavy (non-hydrogen) atoms. The molecule has 112 valence electrons. The minimum atomic E-state index is -0.850. The fraction of sp³-hybridized carbons (Fsp3) is 0.643. The Morgan fingerprint density at radius 3 is 2.60 bits per heavy atom. The predicted octanol–water partition coefficient (Wildman–Crippen LogP) is 2.15. The van der Waals surface area contributed by atoms with E-state index in [-0.39, 0.29) is 18.4 Å². The van der Waals surface area contributed by atoms with E-state index in [2.05, 4.69) is 24.3 Å². The molecule has 0 spiro atoms. The lowest BCUT2D eigenvalue weighted by Gasteiger charge is -2.16. The molecule has 1 heterocycles. The molecule has 0 bridgehead atoms. The highest BCUT2D eigenvalue weighted by atomic mass is 16.4. The number of nitrogens with one attached hydrogen (secondary N) is 1. The van der Waals surface area contributed by atoms with E-state index in [1.165, 1.54) is 0 Å². The van der Waals surface area contributed by atoms with Crippen LogP contribution in [0, 0.1) is 6.92 Å². The maximum atomic E-state index is 12.1. The molecule has 0 saturated carbocycles. The first-order valence-corrected chi connectivity index (χ1v) is 7.05. The van der Waals surface area contributed by atoms with Gasteiger partial charge in [-0.3, -0.25) is 14.3 Å². The van der Waals surface area contributed by atoms with Gasteiger partial charge in [0.25, 0.3) is 5.91 Å². The van der Waals surface area contributed by atoms with Crippen LogP contribution in [0.25, 0.3) is 0 Å². The molecular formula is C14H23N3O3. The standard InChI is InChI=1S/C14H23N3O3/c1-4-11(5-2)17-12(9-10(3)16-17)14(20)15-8-6-7-13(18)19/h9,11H,4-8H2,1-3H3,(H,15,20)(H,18,19). The fourth-order valence-electron chi connectivity index (χ4n) is 2.13. The van der Waals surface area contributed by atoms with Crippen molar-refractivity contribution in [1.29, 1.82) is 0 Å². The van der Waals surface area contributed by atoms with Crippen LogP contribution in [0.4, 0.5) is 0 Å². The van der Waals surface area contributed by atoms with Gasteiger partial charge in [0.15, 0.2) is 0 Å². The highest BCUT2D eigenvalue weighted by molar-refractivity contribution is 5.92. The molecule has 0 unspecified atom stereocenters. The monoisotopic (exact) mass is 281 g/mol. The molecule has 1 rings (SSSR count). The number of carbonyl (C=O) groups excluding carboxylic acids is 1. The molecule has 2 N–H and O–H groups in total. The lowest BCUT2D eigenvalue weighted by atomic mass is 10.1. The summed E-state index contributed by atoms with van der Waals surface area (Å²) in [7, 11) is 0. The van der Waals surface area contributed by atoms with E-state index in [9.17, 15) is 9.59 Å². The van der Waals surface area contributed by atoms with Crippen molar-refractivity contribution in [2.24, 2.45) is 0 Å². The van der Waals surface area contributed by atoms with Crippen molar-refractivity contribution in [3.05, 3.63) is 17.5 Å². The smallest absolute Gasteiger partial charge is 0.303 e. The van der Waals surface area contributed by atoms with Gasteiger partial charge in [0.2, 0.25) is 0 Å². The molecule has 6 nitrogen and oxygen atoms in total. The van der Waals surface area contributed by atoms with Crippen LogP contribution in [0.2, 0.25) is 0 Å². The topological polar surface area (TPSA) is 84.2 Å². The van der Waals surface area contributed by atoms with Crippen molar-refractivity contribution in [3.8, 4) is 0 Å². The summed E-state index contributed by atoms with van der Waals surface area (Å²) in [5.74, 6) is -1.04. The second kappa shape index (κ2) is 7.67. The summed E-state index contributed by atoms with van der Waals surface area (Å²) in [5.41, 5.74) is 1.36. The third-order valence-electron chi connectivity index (χ3n) is 3.23. The number of aliphatic carboxylic acids is 1. The first kappa shape index (κ1) is 16.2. The Kier molecular flexibility index (Phi) is 6.21. The lowest BCUT2D eigenvalue weighted by Crippen LogP contribution is -2.28. The number of carbonyl (C=O) groups is 2. The van der Waals surface area contributed by atoms with Gasteiger partial charge < -0.3 is 10.4 Å². The van der Waals surface area contributed by atoms with Crippen LogP contribution in [-0.2, 0) is 4.79 Å². The Balaban J connectivity index is 2.70. The van der Waals surface area contributed by atoms with Gasteiger partial charge in [-0.1, -0.05) is 13.8 Å². The van der Waals surface area contributed by atoms with Gasteiger partial charge in [-0.25, -0.2) is 0 Å². The molecule has 1 aromatic heterocycles. The number of hydrogen-bond donors (Lipinski definition) is 2. The van der Waals surface area contributed by atoms with Crippen LogP contribution in [0.5, 0.6) is 0 Å². The molecule has 0 aromatic carbocycles. The van der Waals surface area contributed by atoms with E-state index in [1.54, 1.807) is 10.7 Å². The number of nitrogens with zero attached hydrogens (tertiary/aromatic N) is 2. The second-order valence-electron chi connectivity index (χ2n) is 4.84. The van der Waals surface area contributed by atoms with Gasteiger partial charge in [0.1, 0.15) is 5.69 Å². The maximum absolute atomic E-state index is 12.1. The highest BCUT2D eigenvalue weighted by Crippen LogP contribution is 2.18. The highest BCUT2D eigenvalue weighted by Gasteiger charge is 2.18. The minimum absolute atomic E-state index is 0.0606. The van der Waals surface area contributed by atoms with Crippen molar-refractivity contribution in [2.75, 3.05) is 6.54 Å². The van der Waals surface area contributed by atoms with Crippen molar-refractivity contribution in [3.63, 3.8) is 0 Å². The fourth-order valence-corrected chi connectivity index (χ4v) is 2.13. The lowest BCUT2D eigenvalue weighted by molar-refractivity contribution is -0.137. The van der Waals surface area contributed by atoms with E-state index in [1.807, 2.05) is 6.92 Å². The zero-order chi connectivity index (χ0) is 15.1. The van der Waals surface area contributed by atoms with E-state index in [4.69, 9.17) is 5.11 Å². The number of aryl methyl sites for hydroxylation is 1. The van der Waals surface area contributed by atoms with E-state index in [0.717, 1.165) is 18.5 Å². The van der Waals surface area contributed by atoms with Gasteiger partial charge in [-0.05, 0) is 32.3 Å². The molecule has 0 atom stereocenters. The largest absolute Gasteiger partial charge is 0.481 e. The molecule has 0 aliphatic heterocycles. The molecule has 0 fully saturated rings. The van der Waals surface area contributed by atoms with Gasteiger partial charge in [-0.15, -0.1) is 0 Å². The third-order valence-corrected chi connectivity index (χ3v) is 3.23. The summed E-state index contributed by atoms with van der Waals surface area (Å²) in [6.45, 7) is 6.36. The zero-order valence-corrected chi connectivity index (χ0v) is 12.3. The van der Waals surface area contributed by atoms with Crippen molar-refractivity contribution >= 4 is 11.9 Å². The third kappa shape index (κ3) is 4.36. The quantitative estimate of drug-likeness (QED) is 0.715. The van der Waals surface area contributed by atoms with Gasteiger partial charge >= 0.3 is 5.97 Å². The molecule has 0 aliphatic carbocycles. The van der Waals surface area contributed by atoms with Crippen LogP contribution < -0.4 is 5.32 Å². The zero-order valence-electron chi connectivity index (χ0n) is 12.3. The predicted molar refractivity (Wildman–Crippen MR) is 75.8 cm³/mol. The molecule has 0 radical (unpaired) electrons. The second-order valence-corrected chi connectivity index (χ2v) is 4.84. The SMILES string of the molecule is CCC(CC)n1nc(C)cc1C(=O)NCCCC(=O)O. The number of aromatic nitrogens is 2. The van der Waals surface area contributed by atoms with Crippen LogP contribution >= 0.6 is 0 Å². The Labute approximate surface area is 119 Å². The van der Waals surface area contributed by atoms with E-state index >= 15 is 0 Å². The normalized spacial score (nSPS) is 10.8. The molecule has 0 saturated heterocycles. The summed E-state index contributed by atoms with van der Waals surface area (Å²) in [6, 6.07) is 1.98. The van der Waals surface area contributed by atoms with E-state index in [0.29, 0.717) is 18.7 Å². The number of amides is 1. The van der Waals surface area contributed by atoms with Gasteiger partial charge in [0, 0.05) is 13.0 Å². The Morgan fingerprint density at radius 1 is 1.40 bits per heavy atom. The van der Waals surface area contributed by atoms with Crippen molar-refractivity contribution in [1.82, 2.24) is 15.1 Å². The minimum Gasteiger partial charge on any atom is -0.481 e. The first-order valence-electron chi connectivity index (χ1n) is 7.05. The van der Waals surface area contributed by atoms with Crippen LogP contribution in [0.3, 0.4) is 0 Å². The summed E-state index contributed by atoms with van der Waals surface area (Å²) in [4.78, 5) is 22.6. The molecule has 6 heteroatoms. The average Bonchev–Trinajstić information content (AvgIpc) is 2.78. The van der Waals surface area contributed by atoms with Gasteiger partial charge in [-0.2, -0.15) is 5.10 Å². The Bertz CT molecular complexity index is 464. The number of carboxylic acids is 1. The number of rotatable bonds is 8. The Hall–Kier alpha value is -1.85. The number of carboxylic acid groups (broad SMARTS) is 1. The molecular weight excluding hydrogens is 258 g/mol. The summed E-state index contributed by atoms with van der Waals surface area (Å²) >= 11 is 0. The molecule has 1 aromatic rings. The van der Waals surface area contributed by atoms with Crippen LogP contribution in [-0.4, -0.2) is 33.3 Å². The van der Waals surface area contributed by atoms with Crippen LogP contribution in [0.15, 0.2) is 6.07 Å². The van der Waals surface area contributed by atoms with Crippen LogP contribution in [0.1, 0.15) is 61.8 Å². The van der Waals surface area contributed by atoms with Crippen molar-refractivity contribution < 1.29 is 14.7 Å². The molecule has 1 amide bonds. The van der Waals surface area contributed by atoms with E-state index < -0.39 is 5.97 Å². The van der Waals surface area contributed by atoms with Gasteiger partial charge in [0.05, 0.1) is 11.7 Å². The summed E-state index contributed by atoms with van der Waals surface area (Å²) < 4.78 is 1.78. The first-order chi connectivity index (χ1) is 9.49. The van der Waals surface area contributed by atoms with Crippen molar-refractivity contribution in [2.45, 2.75) is 52.5 Å². The number of hydrogen-bond acceptors (Lipinski definition) is 3. The summed E-state index contributed by atoms with van der Waals surface area (Å²) in [5, 5.41) is 15.7.